The highest BCUT2D eigenvalue weighted by Crippen LogP contribution is 2.25. The van der Waals surface area contributed by atoms with Crippen molar-refractivity contribution in [2.45, 2.75) is 18.9 Å². The number of anilines is 2. The highest BCUT2D eigenvalue weighted by atomic mass is 35.5. The minimum absolute atomic E-state index is 0.132. The summed E-state index contributed by atoms with van der Waals surface area (Å²) in [6.07, 6.45) is 2.55. The van der Waals surface area contributed by atoms with Gasteiger partial charge in [0.2, 0.25) is 0 Å². The van der Waals surface area contributed by atoms with Crippen LogP contribution >= 0.6 is 22.9 Å². The third kappa shape index (κ3) is 4.05. The molecule has 0 radical (unpaired) electrons. The van der Waals surface area contributed by atoms with Gasteiger partial charge in [-0.3, -0.25) is 4.79 Å². The van der Waals surface area contributed by atoms with Crippen LogP contribution in [-0.2, 0) is 4.74 Å². The Morgan fingerprint density at radius 3 is 2.74 bits per heavy atom. The molecule has 1 unspecified atom stereocenters. The summed E-state index contributed by atoms with van der Waals surface area (Å²) in [7, 11) is 1.77. The maximum Gasteiger partial charge on any atom is 0.265 e. The molecule has 1 aromatic heterocycles. The number of nitrogens with zero attached hydrogens (tertiary/aromatic N) is 1. The van der Waals surface area contributed by atoms with E-state index in [9.17, 15) is 4.79 Å². The fraction of sp³-hybridized carbons (Fsp3) is 0.353. The molecule has 4 nitrogen and oxygen atoms in total. The Bertz CT molecular complexity index is 671. The zero-order valence-corrected chi connectivity index (χ0v) is 14.5. The van der Waals surface area contributed by atoms with E-state index in [4.69, 9.17) is 16.3 Å². The van der Waals surface area contributed by atoms with Gasteiger partial charge in [0.15, 0.2) is 0 Å². The molecule has 1 atom stereocenters. The second-order valence-electron chi connectivity index (χ2n) is 5.55. The molecular weight excluding hydrogens is 332 g/mol. The Balaban J connectivity index is 1.64. The van der Waals surface area contributed by atoms with Gasteiger partial charge < -0.3 is 15.0 Å². The Morgan fingerprint density at radius 1 is 1.30 bits per heavy atom. The van der Waals surface area contributed by atoms with Gasteiger partial charge in [0.1, 0.15) is 0 Å². The zero-order chi connectivity index (χ0) is 16.2. The monoisotopic (exact) mass is 350 g/mol. The molecule has 1 saturated heterocycles. The van der Waals surface area contributed by atoms with Gasteiger partial charge in [-0.2, -0.15) is 0 Å². The number of benzene rings is 1. The molecule has 3 rings (SSSR count). The molecule has 6 heteroatoms. The van der Waals surface area contributed by atoms with Gasteiger partial charge in [0.05, 0.1) is 15.3 Å². The number of halogens is 1. The fourth-order valence-electron chi connectivity index (χ4n) is 2.75. The molecule has 0 spiro atoms. The molecule has 1 amide bonds. The van der Waals surface area contributed by atoms with Crippen LogP contribution in [0.1, 0.15) is 22.5 Å². The van der Waals surface area contributed by atoms with Gasteiger partial charge in [-0.25, -0.2) is 0 Å². The topological polar surface area (TPSA) is 41.6 Å². The van der Waals surface area contributed by atoms with Crippen molar-refractivity contribution in [2.75, 3.05) is 30.4 Å². The van der Waals surface area contributed by atoms with Crippen LogP contribution in [0.25, 0.3) is 0 Å². The molecule has 0 bridgehead atoms. The Morgan fingerprint density at radius 2 is 2.09 bits per heavy atom. The number of thiophene rings is 1. The van der Waals surface area contributed by atoms with E-state index < -0.39 is 0 Å². The summed E-state index contributed by atoms with van der Waals surface area (Å²) in [5, 5.41) is 2.89. The van der Waals surface area contributed by atoms with Crippen molar-refractivity contribution >= 4 is 40.2 Å². The lowest BCUT2D eigenvalue weighted by molar-refractivity contribution is 0.0893. The van der Waals surface area contributed by atoms with E-state index in [-0.39, 0.29) is 5.91 Å². The third-order valence-corrected chi connectivity index (χ3v) is 5.23. The molecule has 1 aromatic carbocycles. The number of methoxy groups -OCH3 is 1. The maximum atomic E-state index is 12.1. The molecular formula is C17H19ClN2O2S. The quantitative estimate of drug-likeness (QED) is 0.895. The Hall–Kier alpha value is -1.56. The molecule has 0 aliphatic carbocycles. The number of hydrogen-bond acceptors (Lipinski definition) is 4. The largest absolute Gasteiger partial charge is 0.380 e. The number of rotatable bonds is 4. The van der Waals surface area contributed by atoms with E-state index in [1.165, 1.54) is 11.3 Å². The lowest BCUT2D eigenvalue weighted by Gasteiger charge is -2.33. The van der Waals surface area contributed by atoms with Gasteiger partial charge in [-0.15, -0.1) is 11.3 Å². The number of ether oxygens (including phenoxy) is 1. The predicted molar refractivity (Wildman–Crippen MR) is 96.0 cm³/mol. The maximum absolute atomic E-state index is 12.1. The van der Waals surface area contributed by atoms with Crippen molar-refractivity contribution in [3.05, 3.63) is 45.6 Å². The van der Waals surface area contributed by atoms with Crippen LogP contribution in [0.3, 0.4) is 0 Å². The molecule has 1 aliphatic rings. The molecule has 122 valence electrons. The Kier molecular flexibility index (Phi) is 5.20. The number of carbonyl (C=O) groups excluding carboxylic acids is 1. The second-order valence-corrected chi connectivity index (χ2v) is 7.27. The highest BCUT2D eigenvalue weighted by Gasteiger charge is 2.19. The van der Waals surface area contributed by atoms with Gasteiger partial charge in [-0.1, -0.05) is 11.6 Å². The van der Waals surface area contributed by atoms with Crippen LogP contribution in [-0.4, -0.2) is 32.2 Å². The van der Waals surface area contributed by atoms with Crippen molar-refractivity contribution < 1.29 is 9.53 Å². The average Bonchev–Trinajstić information content (AvgIpc) is 3.02. The van der Waals surface area contributed by atoms with Crippen molar-refractivity contribution in [2.24, 2.45) is 0 Å². The summed E-state index contributed by atoms with van der Waals surface area (Å²) in [6.45, 7) is 1.95. The number of hydrogen-bond donors (Lipinski definition) is 1. The summed E-state index contributed by atoms with van der Waals surface area (Å²) in [5.74, 6) is -0.132. The first-order chi connectivity index (χ1) is 11.2. The summed E-state index contributed by atoms with van der Waals surface area (Å²) in [5.41, 5.74) is 1.94. The summed E-state index contributed by atoms with van der Waals surface area (Å²) in [4.78, 5) is 15.0. The minimum Gasteiger partial charge on any atom is -0.380 e. The average molecular weight is 351 g/mol. The van der Waals surface area contributed by atoms with Gasteiger partial charge in [0, 0.05) is 31.6 Å². The smallest absolute Gasteiger partial charge is 0.265 e. The van der Waals surface area contributed by atoms with Crippen LogP contribution in [0, 0.1) is 0 Å². The number of piperidine rings is 1. The van der Waals surface area contributed by atoms with E-state index >= 15 is 0 Å². The van der Waals surface area contributed by atoms with E-state index in [0.717, 1.165) is 37.3 Å². The first-order valence-corrected chi connectivity index (χ1v) is 8.79. The zero-order valence-electron chi connectivity index (χ0n) is 12.9. The fourth-order valence-corrected chi connectivity index (χ4v) is 3.69. The SMILES string of the molecule is COC1CCCN(c2ccc(NC(=O)c3ccc(Cl)s3)cc2)C1. The van der Waals surface area contributed by atoms with Crippen LogP contribution in [0.15, 0.2) is 36.4 Å². The molecule has 0 saturated carbocycles. The third-order valence-electron chi connectivity index (χ3n) is 4.00. The first-order valence-electron chi connectivity index (χ1n) is 7.60. The van der Waals surface area contributed by atoms with Crippen LogP contribution in [0.4, 0.5) is 11.4 Å². The number of nitrogens with one attached hydrogen (secondary N) is 1. The summed E-state index contributed by atoms with van der Waals surface area (Å²) in [6, 6.07) is 11.4. The minimum atomic E-state index is -0.132. The predicted octanol–water partition coefficient (Wildman–Crippen LogP) is 4.27. The van der Waals surface area contributed by atoms with Gasteiger partial charge >= 0.3 is 0 Å². The van der Waals surface area contributed by atoms with Crippen molar-refractivity contribution in [3.8, 4) is 0 Å². The lowest BCUT2D eigenvalue weighted by Crippen LogP contribution is -2.39. The normalized spacial score (nSPS) is 18.0. The molecule has 1 aliphatic heterocycles. The van der Waals surface area contributed by atoms with Crippen molar-refractivity contribution in [1.82, 2.24) is 0 Å². The van der Waals surface area contributed by atoms with Crippen LogP contribution in [0.2, 0.25) is 4.34 Å². The van der Waals surface area contributed by atoms with Crippen molar-refractivity contribution in [3.63, 3.8) is 0 Å². The van der Waals surface area contributed by atoms with Crippen LogP contribution < -0.4 is 10.2 Å². The Labute approximate surface area is 145 Å². The second kappa shape index (κ2) is 7.34. The number of amides is 1. The molecule has 1 N–H and O–H groups in total. The standard InChI is InChI=1S/C17H19ClN2O2S/c1-22-14-3-2-10-20(11-14)13-6-4-12(5-7-13)19-17(21)15-8-9-16(18)23-15/h4-9,14H,2-3,10-11H2,1H3,(H,19,21). The first kappa shape index (κ1) is 16.3. The van der Waals surface area contributed by atoms with E-state index in [0.29, 0.717) is 15.3 Å². The lowest BCUT2D eigenvalue weighted by atomic mass is 10.1. The number of carbonyl (C=O) groups is 1. The van der Waals surface area contributed by atoms with Gasteiger partial charge in [-0.05, 0) is 49.2 Å². The molecule has 1 fully saturated rings. The van der Waals surface area contributed by atoms with E-state index in [1.54, 1.807) is 19.2 Å². The summed E-state index contributed by atoms with van der Waals surface area (Å²) >= 11 is 7.14. The van der Waals surface area contributed by atoms with E-state index in [1.807, 2.05) is 24.3 Å². The summed E-state index contributed by atoms with van der Waals surface area (Å²) < 4.78 is 6.08. The van der Waals surface area contributed by atoms with Crippen molar-refractivity contribution in [1.29, 1.82) is 0 Å². The molecule has 2 aromatic rings. The van der Waals surface area contributed by atoms with Gasteiger partial charge in [0.25, 0.3) is 5.91 Å². The van der Waals surface area contributed by atoms with Crippen LogP contribution in [0.5, 0.6) is 0 Å². The van der Waals surface area contributed by atoms with E-state index in [2.05, 4.69) is 10.2 Å². The highest BCUT2D eigenvalue weighted by molar-refractivity contribution is 7.18. The molecule has 23 heavy (non-hydrogen) atoms. The molecule has 2 heterocycles.